The fourth-order valence-corrected chi connectivity index (χ4v) is 13.7. The lowest BCUT2D eigenvalue weighted by atomic mass is 9.86. The van der Waals surface area contributed by atoms with E-state index in [1.54, 1.807) is 57.4 Å². The molecule has 0 saturated heterocycles. The summed E-state index contributed by atoms with van der Waals surface area (Å²) < 4.78 is 95.4. The van der Waals surface area contributed by atoms with Crippen molar-refractivity contribution in [2.45, 2.75) is 139 Å². The lowest BCUT2D eigenvalue weighted by Gasteiger charge is -2.31. The first-order valence-corrected chi connectivity index (χ1v) is 40.6. The number of rotatable bonds is 51. The predicted molar refractivity (Wildman–Crippen MR) is 412 cm³/mol. The summed E-state index contributed by atoms with van der Waals surface area (Å²) in [5.74, 6) is -1.21. The summed E-state index contributed by atoms with van der Waals surface area (Å²) in [5.41, 5.74) is 2.15. The number of unbranched alkanes of at least 4 members (excludes halogenated alkanes) is 1. The number of aryl methyl sites for hydroxylation is 1. The molecule has 0 unspecified atom stereocenters. The van der Waals surface area contributed by atoms with Gasteiger partial charge in [-0.25, -0.2) is 32.6 Å². The molecule has 5 atom stereocenters. The molecule has 35 nitrogen and oxygen atoms in total. The van der Waals surface area contributed by atoms with E-state index < -0.39 is 131 Å². The number of nitrogens with one attached hydrogen (secondary N) is 8. The highest BCUT2D eigenvalue weighted by atomic mass is 32.2. The predicted octanol–water partition coefficient (Wildman–Crippen LogP) is 0.389. The van der Waals surface area contributed by atoms with Crippen LogP contribution in [0.4, 0.5) is 4.39 Å². The highest BCUT2D eigenvalue weighted by Crippen LogP contribution is 2.45. The zero-order chi connectivity index (χ0) is 83.0. The number of carbonyl (C=O) groups is 9. The minimum Gasteiger partial charge on any atom is -0.458 e. The number of aliphatic hydroxyl groups is 1. The molecule has 0 spiro atoms. The van der Waals surface area contributed by atoms with Crippen molar-refractivity contribution in [3.05, 3.63) is 116 Å². The average Bonchev–Trinajstić information content (AvgIpc) is 1.54. The van der Waals surface area contributed by atoms with Crippen molar-refractivity contribution in [3.63, 3.8) is 0 Å². The molecule has 3 aromatic heterocycles. The van der Waals surface area contributed by atoms with Crippen molar-refractivity contribution in [1.29, 1.82) is 0 Å². The van der Waals surface area contributed by atoms with Crippen molar-refractivity contribution in [2.75, 3.05) is 145 Å². The lowest BCUT2D eigenvalue weighted by Crippen LogP contribution is -2.52. The number of methoxy groups -OCH3 is 1. The molecule has 0 bridgehead atoms. The topological polar surface area (TPSA) is 457 Å². The number of carbonyl (C=O) groups excluding carboxylic acids is 9. The molecule has 2 aliphatic heterocycles. The zero-order valence-electron chi connectivity index (χ0n) is 65.6. The third kappa shape index (κ3) is 26.9. The van der Waals surface area contributed by atoms with Gasteiger partial charge in [0.25, 0.3) is 5.56 Å². The Morgan fingerprint density at radius 2 is 1.27 bits per heavy atom. The summed E-state index contributed by atoms with van der Waals surface area (Å²) >= 11 is 0. The number of sulfone groups is 1. The number of esters is 1. The van der Waals surface area contributed by atoms with E-state index in [2.05, 4.69) is 64.3 Å². The molecule has 4 aliphatic rings. The molecular weight excluding hydrogens is 1540 g/mol. The Morgan fingerprint density at radius 3 is 1.90 bits per heavy atom. The van der Waals surface area contributed by atoms with Gasteiger partial charge in [0.2, 0.25) is 62.3 Å². The second-order valence-corrected chi connectivity index (χ2v) is 29.8. The summed E-state index contributed by atoms with van der Waals surface area (Å²) in [7, 11) is -2.00. The van der Waals surface area contributed by atoms with Gasteiger partial charge >= 0.3 is 5.97 Å². The van der Waals surface area contributed by atoms with Crippen molar-refractivity contribution in [1.82, 2.24) is 62.1 Å². The summed E-state index contributed by atoms with van der Waals surface area (Å²) in [6.07, 6.45) is 5.33. The van der Waals surface area contributed by atoms with Crippen LogP contribution in [0, 0.1) is 23.6 Å². The van der Waals surface area contributed by atoms with Crippen LogP contribution in [0.15, 0.2) is 64.8 Å². The second kappa shape index (κ2) is 45.6. The number of benzene rings is 2. The molecule has 1 saturated carbocycles. The van der Waals surface area contributed by atoms with Gasteiger partial charge in [0.1, 0.15) is 37.3 Å². The van der Waals surface area contributed by atoms with Gasteiger partial charge in [0.15, 0.2) is 5.60 Å². The maximum atomic E-state index is 15.8. The average molecular weight is 1640 g/mol. The zero-order valence-corrected chi connectivity index (χ0v) is 66.4. The molecular formula is C79H103FN12O23S. The number of hydrogen-bond donors (Lipinski definition) is 9. The second-order valence-electron chi connectivity index (χ2n) is 27.9. The van der Waals surface area contributed by atoms with Crippen LogP contribution in [-0.4, -0.2) is 250 Å². The molecule has 9 N–H and O–H groups in total. The number of amides is 8. The van der Waals surface area contributed by atoms with Crippen LogP contribution in [0.2, 0.25) is 0 Å². The van der Waals surface area contributed by atoms with Gasteiger partial charge < -0.3 is 99.6 Å². The molecule has 9 rings (SSSR count). The van der Waals surface area contributed by atoms with Crippen LogP contribution in [-0.2, 0) is 138 Å². The van der Waals surface area contributed by atoms with Gasteiger partial charge in [-0.3, -0.25) is 43.2 Å². The Hall–Kier alpha value is -9.85. The number of fused-ring (bicyclic) bond motifs is 7. The van der Waals surface area contributed by atoms with Crippen LogP contribution in [0.1, 0.15) is 122 Å². The van der Waals surface area contributed by atoms with E-state index in [0.717, 1.165) is 11.8 Å². The summed E-state index contributed by atoms with van der Waals surface area (Å²) in [5, 5.41) is 32.8. The van der Waals surface area contributed by atoms with Crippen molar-refractivity contribution in [3.8, 4) is 23.2 Å². The summed E-state index contributed by atoms with van der Waals surface area (Å²) in [6, 6.07) is 8.36. The SMILES string of the molecule is CC[C@@]1(O)C(=O)OCc2c1cc1n(c2=O)Cc2c-1nc1cc(F)c3c(c1c2[C@H](C)NC(=O)[C@H](OCNC(=O)CNC(=O)[C@H](Cc1ccccc1)NC(=O)CNC(=O)CNC(=O)CC[C@H](NC(=O)CCCC#Cc1cnc(S(C)(=O)=O)nc1)C(=O)NCCOCCOCCOCCOCCOCCOCCOCCOC)C1CC1)CCC3. The van der Waals surface area contributed by atoms with Crippen molar-refractivity contribution in [2.24, 2.45) is 5.92 Å². The molecule has 1 fully saturated rings. The maximum Gasteiger partial charge on any atom is 0.343 e. The van der Waals surface area contributed by atoms with E-state index in [1.807, 2.05) is 0 Å². The molecule has 2 aromatic carbocycles. The number of ether oxygens (including phenoxy) is 10. The fourth-order valence-electron chi connectivity index (χ4n) is 13.2. The molecule has 0 radical (unpaired) electrons. The fraction of sp³-hybridized carbons (Fsp3) is 0.557. The van der Waals surface area contributed by atoms with E-state index in [0.29, 0.717) is 161 Å². The van der Waals surface area contributed by atoms with E-state index in [-0.39, 0.29) is 107 Å². The lowest BCUT2D eigenvalue weighted by molar-refractivity contribution is -0.172. The first-order valence-electron chi connectivity index (χ1n) is 38.8. The van der Waals surface area contributed by atoms with Gasteiger partial charge in [-0.05, 0) is 92.5 Å². The Bertz CT molecular complexity index is 4490. The molecule has 630 valence electrons. The molecule has 5 aromatic rings. The van der Waals surface area contributed by atoms with Gasteiger partial charge in [0.05, 0.1) is 159 Å². The van der Waals surface area contributed by atoms with E-state index in [1.165, 1.54) is 23.0 Å². The van der Waals surface area contributed by atoms with Crippen LogP contribution < -0.4 is 48.1 Å². The molecule has 5 heterocycles. The number of hydrogen-bond acceptors (Lipinski definition) is 26. The van der Waals surface area contributed by atoms with Crippen molar-refractivity contribution < 1.29 is 108 Å². The van der Waals surface area contributed by atoms with E-state index >= 15 is 4.39 Å². The Morgan fingerprint density at radius 1 is 0.681 bits per heavy atom. The first kappa shape index (κ1) is 90.1. The van der Waals surface area contributed by atoms with Crippen molar-refractivity contribution >= 4 is 74.0 Å². The maximum absolute atomic E-state index is 15.8. The Labute approximate surface area is 670 Å². The van der Waals surface area contributed by atoms with E-state index in [9.17, 15) is 61.5 Å². The van der Waals surface area contributed by atoms with Gasteiger partial charge in [-0.1, -0.05) is 49.1 Å². The van der Waals surface area contributed by atoms with Crippen LogP contribution in [0.25, 0.3) is 22.3 Å². The number of halogens is 1. The Kier molecular flexibility index (Phi) is 35.4. The third-order valence-electron chi connectivity index (χ3n) is 19.3. The van der Waals surface area contributed by atoms with Gasteiger partial charge in [-0.2, -0.15) is 0 Å². The summed E-state index contributed by atoms with van der Waals surface area (Å²) in [4.78, 5) is 148. The summed E-state index contributed by atoms with van der Waals surface area (Å²) in [6.45, 7) is 6.48. The normalized spacial score (nSPS) is 15.6. The largest absolute Gasteiger partial charge is 0.458 e. The third-order valence-corrected chi connectivity index (χ3v) is 20.2. The quantitative estimate of drug-likeness (QED) is 0.00820. The number of pyridine rings is 2. The standard InChI is InChI=1S/C79H103FN12O23S/c1-5-79(103)58-40-63-71-56(47-92(63)76(101)57(58)48-114-77(79)102)69(70-55-17-12-16-54(55)59(80)41-61(70)91-71)50(2)88-75(100)72(53-19-20-53)115-49-87-67(96)45-84-74(99)62(39-51-13-8-6-9-14-51)90-68(97)46-83-66(95)44-82-64(93)22-21-60(89-65(94)18-11-7-10-15-52-42-85-78(86-43-52)116(4,104)105)73(98)81-23-24-107-27-28-109-31-32-111-35-36-113-38-37-112-34-33-110-30-29-108-26-25-106-3/h6,8-9,13-14,40-43,50,53,60,62,72,103H,5,7,11-12,16-39,44-49H2,1-4H3,(H,81,98)(H,82,93)(H,83,95)(H,84,99)(H,87,96)(H,88,100)(H,89,94)(H,90,97)/t50-,60-,62-,72+,79-/m0/s1. The van der Waals surface area contributed by atoms with Gasteiger partial charge in [-0.15, -0.1) is 0 Å². The highest BCUT2D eigenvalue weighted by molar-refractivity contribution is 7.90. The molecule has 8 amide bonds. The minimum atomic E-state index is -3.61. The number of nitrogens with zero attached hydrogens (tertiary/aromatic N) is 4. The van der Waals surface area contributed by atoms with Gasteiger partial charge in [0, 0.05) is 80.6 Å². The number of cyclic esters (lactones) is 1. The number of aromatic nitrogens is 4. The van der Waals surface area contributed by atoms with Crippen LogP contribution in [0.3, 0.4) is 0 Å². The molecule has 2 aliphatic carbocycles. The van der Waals surface area contributed by atoms with E-state index in [4.69, 9.17) is 52.4 Å². The van der Waals surface area contributed by atoms with Crippen LogP contribution in [0.5, 0.6) is 0 Å². The highest BCUT2D eigenvalue weighted by Gasteiger charge is 2.46. The first-order chi connectivity index (χ1) is 56.0. The monoisotopic (exact) mass is 1640 g/mol. The smallest absolute Gasteiger partial charge is 0.343 e. The molecule has 116 heavy (non-hydrogen) atoms. The molecule has 37 heteroatoms. The van der Waals surface area contributed by atoms with Crippen LogP contribution >= 0.6 is 0 Å². The Balaban J connectivity index is 0.695. The minimum absolute atomic E-state index is 0.0210.